The molecule has 3 aromatic rings. The van der Waals surface area contributed by atoms with Gasteiger partial charge in [-0.2, -0.15) is 0 Å². The van der Waals surface area contributed by atoms with E-state index >= 15 is 0 Å². The van der Waals surface area contributed by atoms with Gasteiger partial charge in [0.2, 0.25) is 0 Å². The SMILES string of the molecule is CCC(C=Nc1cc(C)cc(C)c1)=Nc1cc(C)cc(C)c1.CCCCc1ccc([O-])c([O-])c1CC.[Ni+2]. The number of nitrogens with zero attached hydrogens (tertiary/aromatic N) is 2. The fourth-order valence-electron chi connectivity index (χ4n) is 4.19. The molecule has 0 saturated heterocycles. The summed E-state index contributed by atoms with van der Waals surface area (Å²) < 4.78 is 0. The van der Waals surface area contributed by atoms with Crippen LogP contribution in [0.1, 0.15) is 73.4 Å². The van der Waals surface area contributed by atoms with Crippen LogP contribution < -0.4 is 10.2 Å². The molecule has 4 nitrogen and oxygen atoms in total. The molecule has 0 fully saturated rings. The quantitative estimate of drug-likeness (QED) is 0.218. The Bertz CT molecular complexity index is 1180. The number of aliphatic imine (C=N–C) groups is 2. The molecule has 3 rings (SSSR count). The molecule has 3 aromatic carbocycles. The van der Waals surface area contributed by atoms with Crippen molar-refractivity contribution in [2.75, 3.05) is 0 Å². The molecule has 0 spiro atoms. The molecule has 0 N–H and O–H groups in total. The normalized spacial score (nSPS) is 11.2. The monoisotopic (exact) mass is 542 g/mol. The Labute approximate surface area is 233 Å². The largest absolute Gasteiger partial charge is 2.00 e. The summed E-state index contributed by atoms with van der Waals surface area (Å²) in [6, 6.07) is 15.9. The fraction of sp³-hybridized carbons (Fsp3) is 0.375. The number of benzene rings is 3. The van der Waals surface area contributed by atoms with Gasteiger partial charge in [-0.05, 0) is 105 Å². The molecule has 5 heteroatoms. The van der Waals surface area contributed by atoms with Crippen molar-refractivity contribution in [2.24, 2.45) is 9.98 Å². The van der Waals surface area contributed by atoms with E-state index in [0.29, 0.717) is 12.0 Å². The molecule has 0 saturated carbocycles. The first kappa shape index (κ1) is 32.1. The molecule has 0 unspecified atom stereocenters. The number of hydrogen-bond acceptors (Lipinski definition) is 4. The minimum atomic E-state index is -0.373. The average Bonchev–Trinajstić information content (AvgIpc) is 2.81. The maximum Gasteiger partial charge on any atom is 2.00 e. The topological polar surface area (TPSA) is 70.8 Å². The summed E-state index contributed by atoms with van der Waals surface area (Å²) in [5.74, 6) is -0.678. The molecule has 0 atom stereocenters. The first-order valence-electron chi connectivity index (χ1n) is 12.9. The van der Waals surface area contributed by atoms with Crippen LogP contribution in [0.5, 0.6) is 11.5 Å². The number of rotatable bonds is 8. The van der Waals surface area contributed by atoms with Gasteiger partial charge >= 0.3 is 16.5 Å². The predicted octanol–water partition coefficient (Wildman–Crippen LogP) is 7.54. The minimum absolute atomic E-state index is 0. The number of aryl methyl sites for hydroxylation is 5. The van der Waals surface area contributed by atoms with Crippen LogP contribution in [-0.4, -0.2) is 11.9 Å². The summed E-state index contributed by atoms with van der Waals surface area (Å²) in [5, 5.41) is 22.6. The Morgan fingerprint density at radius 3 is 1.81 bits per heavy atom. The van der Waals surface area contributed by atoms with Gasteiger partial charge < -0.3 is 10.2 Å². The van der Waals surface area contributed by atoms with Crippen molar-refractivity contribution in [3.8, 4) is 11.5 Å². The maximum absolute atomic E-state index is 11.5. The summed E-state index contributed by atoms with van der Waals surface area (Å²) in [6.45, 7) is 14.5. The third-order valence-corrected chi connectivity index (χ3v) is 5.89. The van der Waals surface area contributed by atoms with Gasteiger partial charge in [0.25, 0.3) is 0 Å². The molecular weight excluding hydrogens is 503 g/mol. The first-order chi connectivity index (χ1) is 17.2. The Kier molecular flexibility index (Phi) is 13.9. The van der Waals surface area contributed by atoms with E-state index in [4.69, 9.17) is 4.99 Å². The van der Waals surface area contributed by atoms with Crippen molar-refractivity contribution >= 4 is 23.3 Å². The molecular formula is C32H40N2NiO2. The zero-order chi connectivity index (χ0) is 26.7. The Hall–Kier alpha value is -2.91. The second-order valence-corrected chi connectivity index (χ2v) is 9.39. The van der Waals surface area contributed by atoms with E-state index in [1.165, 1.54) is 28.3 Å². The van der Waals surface area contributed by atoms with Crippen LogP contribution in [0.25, 0.3) is 0 Å². The molecule has 0 bridgehead atoms. The van der Waals surface area contributed by atoms with Crippen molar-refractivity contribution in [2.45, 2.75) is 80.6 Å². The van der Waals surface area contributed by atoms with E-state index in [1.807, 2.05) is 13.1 Å². The molecule has 37 heavy (non-hydrogen) atoms. The van der Waals surface area contributed by atoms with Gasteiger partial charge in [0, 0.05) is 6.21 Å². The zero-order valence-corrected chi connectivity index (χ0v) is 24.2. The summed E-state index contributed by atoms with van der Waals surface area (Å²) in [6.07, 6.45) is 6.50. The van der Waals surface area contributed by atoms with Crippen LogP contribution in [0, 0.1) is 27.7 Å². The third kappa shape index (κ3) is 10.5. The van der Waals surface area contributed by atoms with Gasteiger partial charge in [-0.1, -0.05) is 57.0 Å². The second-order valence-electron chi connectivity index (χ2n) is 9.39. The fourth-order valence-corrected chi connectivity index (χ4v) is 4.19. The summed E-state index contributed by atoms with van der Waals surface area (Å²) in [4.78, 5) is 9.31. The Morgan fingerprint density at radius 2 is 1.32 bits per heavy atom. The van der Waals surface area contributed by atoms with E-state index in [0.717, 1.165) is 48.3 Å². The standard InChI is InChI=1S/C20H24N2.C12H18O2.Ni/c1-6-18(22-20-11-16(4)8-17(5)12-20)13-21-19-9-14(2)7-15(3)10-19;1-3-5-6-9-7-8-11(13)12(14)10(9)4-2;/h7-13H,6H2,1-5H3;7-8,13-14H,3-6H2,1-2H3;/q;;+2/p-2. The summed E-state index contributed by atoms with van der Waals surface area (Å²) >= 11 is 0. The predicted molar refractivity (Wildman–Crippen MR) is 151 cm³/mol. The van der Waals surface area contributed by atoms with Gasteiger partial charge in [-0.25, -0.2) is 0 Å². The second kappa shape index (κ2) is 16.0. The van der Waals surface area contributed by atoms with E-state index < -0.39 is 0 Å². The van der Waals surface area contributed by atoms with Crippen molar-refractivity contribution in [1.82, 2.24) is 0 Å². The van der Waals surface area contributed by atoms with Crippen LogP contribution >= 0.6 is 0 Å². The molecule has 200 valence electrons. The minimum Gasteiger partial charge on any atom is -0.873 e. The molecule has 0 radical (unpaired) electrons. The van der Waals surface area contributed by atoms with Crippen molar-refractivity contribution < 1.29 is 26.7 Å². The van der Waals surface area contributed by atoms with Crippen LogP contribution in [0.3, 0.4) is 0 Å². The molecule has 0 aliphatic heterocycles. The van der Waals surface area contributed by atoms with Crippen LogP contribution in [0.2, 0.25) is 0 Å². The van der Waals surface area contributed by atoms with Crippen molar-refractivity contribution in [3.63, 3.8) is 0 Å². The Balaban J connectivity index is 0.000000396. The van der Waals surface area contributed by atoms with Gasteiger partial charge in [0.1, 0.15) is 0 Å². The van der Waals surface area contributed by atoms with E-state index in [2.05, 4.69) is 82.9 Å². The first-order valence-corrected chi connectivity index (χ1v) is 12.9. The number of unbranched alkanes of at least 4 members (excludes halogenated alkanes) is 1. The van der Waals surface area contributed by atoms with E-state index in [9.17, 15) is 10.2 Å². The molecule has 0 aliphatic carbocycles. The molecule has 0 aliphatic rings. The van der Waals surface area contributed by atoms with Crippen molar-refractivity contribution in [3.05, 3.63) is 81.9 Å². The van der Waals surface area contributed by atoms with Gasteiger partial charge in [-0.15, -0.1) is 11.5 Å². The van der Waals surface area contributed by atoms with E-state index in [1.54, 1.807) is 6.07 Å². The summed E-state index contributed by atoms with van der Waals surface area (Å²) in [7, 11) is 0. The molecule has 0 heterocycles. The number of hydrogen-bond donors (Lipinski definition) is 0. The van der Waals surface area contributed by atoms with Crippen LogP contribution in [0.4, 0.5) is 11.4 Å². The third-order valence-electron chi connectivity index (χ3n) is 5.89. The zero-order valence-electron chi connectivity index (χ0n) is 23.3. The Morgan fingerprint density at radius 1 is 0.784 bits per heavy atom. The smallest absolute Gasteiger partial charge is 0.873 e. The van der Waals surface area contributed by atoms with Crippen LogP contribution in [-0.2, 0) is 29.3 Å². The van der Waals surface area contributed by atoms with Gasteiger partial charge in [-0.3, -0.25) is 9.98 Å². The maximum atomic E-state index is 11.5. The van der Waals surface area contributed by atoms with Gasteiger partial charge in [0.15, 0.2) is 0 Å². The van der Waals surface area contributed by atoms with Gasteiger partial charge in [0.05, 0.1) is 17.1 Å². The molecule has 0 aromatic heterocycles. The summed E-state index contributed by atoms with van der Waals surface area (Å²) in [5.41, 5.74) is 9.68. The van der Waals surface area contributed by atoms with Crippen LogP contribution in [0.15, 0.2) is 58.5 Å². The average molecular weight is 543 g/mol. The molecule has 0 amide bonds. The van der Waals surface area contributed by atoms with Crippen molar-refractivity contribution in [1.29, 1.82) is 0 Å². The van der Waals surface area contributed by atoms with E-state index in [-0.39, 0.29) is 28.0 Å².